The lowest BCUT2D eigenvalue weighted by molar-refractivity contribution is -0.157. The topological polar surface area (TPSA) is 65.8 Å². The van der Waals surface area contributed by atoms with Crippen molar-refractivity contribution in [1.29, 1.82) is 5.26 Å². The highest BCUT2D eigenvalue weighted by molar-refractivity contribution is 5.76. The molecule has 0 radical (unpaired) electrons. The first-order valence-corrected chi connectivity index (χ1v) is 14.5. The Morgan fingerprint density at radius 2 is 1.41 bits per heavy atom. The summed E-state index contributed by atoms with van der Waals surface area (Å²) in [6.07, 6.45) is 2.25. The van der Waals surface area contributed by atoms with Crippen molar-refractivity contribution in [2.45, 2.75) is 83.1 Å². The third kappa shape index (κ3) is 6.45. The molecule has 0 N–H and O–H groups in total. The van der Waals surface area contributed by atoms with Gasteiger partial charge >= 0.3 is 6.03 Å². The van der Waals surface area contributed by atoms with E-state index in [1.807, 2.05) is 66.1 Å². The van der Waals surface area contributed by atoms with Gasteiger partial charge in [-0.3, -0.25) is 0 Å². The van der Waals surface area contributed by atoms with Crippen molar-refractivity contribution >= 4 is 6.03 Å². The van der Waals surface area contributed by atoms with Crippen LogP contribution in [0.3, 0.4) is 0 Å². The standard InChI is InChI=1S/C34H38FN3O3/c1-4-5-18-37-29(20-24-12-8-6-9-13-24)31-32(41-34(2,3)40-31)30(21-25-14-10-7-11-15-25)38(33(37)39)23-26-16-17-28(35)27(19-26)22-36/h6-17,19,29-32H,4-5,18,20-21,23H2,1-3H3. The molecule has 214 valence electrons. The molecule has 0 aromatic heterocycles. The van der Waals surface area contributed by atoms with E-state index in [2.05, 4.69) is 31.2 Å². The number of fused-ring (bicyclic) bond motifs is 1. The number of ether oxygens (including phenoxy) is 2. The van der Waals surface area contributed by atoms with Crippen molar-refractivity contribution in [2.24, 2.45) is 0 Å². The minimum Gasteiger partial charge on any atom is -0.342 e. The Kier molecular flexibility index (Phi) is 8.72. The molecule has 3 aromatic rings. The second-order valence-electron chi connectivity index (χ2n) is 11.5. The van der Waals surface area contributed by atoms with Crippen LogP contribution < -0.4 is 0 Å². The molecular formula is C34H38FN3O3. The third-order valence-corrected chi connectivity index (χ3v) is 8.05. The summed E-state index contributed by atoms with van der Waals surface area (Å²) in [7, 11) is 0. The summed E-state index contributed by atoms with van der Waals surface area (Å²) < 4.78 is 27.6. The number of nitrogens with zero attached hydrogens (tertiary/aromatic N) is 3. The zero-order valence-electron chi connectivity index (χ0n) is 24.0. The highest BCUT2D eigenvalue weighted by atomic mass is 19.1. The monoisotopic (exact) mass is 555 g/mol. The van der Waals surface area contributed by atoms with Gasteiger partial charge in [0.15, 0.2) is 5.79 Å². The minimum absolute atomic E-state index is 0.0337. The van der Waals surface area contributed by atoms with Gasteiger partial charge in [0.1, 0.15) is 24.1 Å². The van der Waals surface area contributed by atoms with E-state index in [4.69, 9.17) is 9.47 Å². The van der Waals surface area contributed by atoms with E-state index in [-0.39, 0.29) is 36.3 Å². The van der Waals surface area contributed by atoms with Crippen LogP contribution in [0.15, 0.2) is 78.9 Å². The van der Waals surface area contributed by atoms with Gasteiger partial charge in [-0.2, -0.15) is 5.26 Å². The summed E-state index contributed by atoms with van der Waals surface area (Å²) in [4.78, 5) is 18.5. The zero-order valence-corrected chi connectivity index (χ0v) is 24.0. The molecule has 4 unspecified atom stereocenters. The lowest BCUT2D eigenvalue weighted by atomic mass is 9.91. The van der Waals surface area contributed by atoms with Crippen molar-refractivity contribution in [3.63, 3.8) is 0 Å². The van der Waals surface area contributed by atoms with E-state index in [1.165, 1.54) is 6.07 Å². The van der Waals surface area contributed by atoms with Gasteiger partial charge in [0.2, 0.25) is 0 Å². The van der Waals surface area contributed by atoms with Crippen LogP contribution in [0.5, 0.6) is 0 Å². The molecule has 3 aromatic carbocycles. The molecule has 2 aliphatic rings. The number of rotatable bonds is 9. The van der Waals surface area contributed by atoms with Crippen molar-refractivity contribution in [2.75, 3.05) is 6.54 Å². The van der Waals surface area contributed by atoms with Gasteiger partial charge < -0.3 is 19.3 Å². The normalized spacial score (nSPS) is 23.6. The summed E-state index contributed by atoms with van der Waals surface area (Å²) in [5.41, 5.74) is 2.87. The van der Waals surface area contributed by atoms with Gasteiger partial charge in [0, 0.05) is 13.1 Å². The average molecular weight is 556 g/mol. The van der Waals surface area contributed by atoms with Crippen molar-refractivity contribution in [1.82, 2.24) is 9.80 Å². The highest BCUT2D eigenvalue weighted by Crippen LogP contribution is 2.40. The number of benzene rings is 3. The molecule has 2 fully saturated rings. The van der Waals surface area contributed by atoms with E-state index < -0.39 is 17.7 Å². The third-order valence-electron chi connectivity index (χ3n) is 8.05. The largest absolute Gasteiger partial charge is 0.342 e. The van der Waals surface area contributed by atoms with Gasteiger partial charge in [-0.25, -0.2) is 9.18 Å². The Labute approximate surface area is 242 Å². The highest BCUT2D eigenvalue weighted by Gasteiger charge is 2.55. The van der Waals surface area contributed by atoms with Crippen LogP contribution in [0.25, 0.3) is 0 Å². The zero-order chi connectivity index (χ0) is 29.0. The maximum atomic E-state index is 14.7. The molecule has 0 spiro atoms. The minimum atomic E-state index is -0.828. The molecule has 7 heteroatoms. The van der Waals surface area contributed by atoms with Gasteiger partial charge in [0.25, 0.3) is 0 Å². The van der Waals surface area contributed by atoms with E-state index in [1.54, 1.807) is 12.1 Å². The Hall–Kier alpha value is -3.73. The number of carbonyl (C=O) groups excluding carboxylic acids is 1. The molecule has 6 nitrogen and oxygen atoms in total. The van der Waals surface area contributed by atoms with Gasteiger partial charge in [0.05, 0.1) is 17.6 Å². The molecule has 2 amide bonds. The lowest BCUT2D eigenvalue weighted by Crippen LogP contribution is -2.52. The number of hydrogen-bond acceptors (Lipinski definition) is 4. The second kappa shape index (κ2) is 12.4. The number of nitriles is 1. The van der Waals surface area contributed by atoms with Gasteiger partial charge in [-0.05, 0) is 61.9 Å². The predicted octanol–water partition coefficient (Wildman–Crippen LogP) is 6.48. The van der Waals surface area contributed by atoms with Crippen molar-refractivity contribution in [3.8, 4) is 6.07 Å². The van der Waals surface area contributed by atoms with Gasteiger partial charge in [-0.15, -0.1) is 0 Å². The smallest absolute Gasteiger partial charge is 0.321 e. The van der Waals surface area contributed by atoms with Crippen molar-refractivity contribution < 1.29 is 18.7 Å². The fraction of sp³-hybridized carbons (Fsp3) is 0.412. The lowest BCUT2D eigenvalue weighted by Gasteiger charge is -2.37. The predicted molar refractivity (Wildman–Crippen MR) is 155 cm³/mol. The molecule has 2 aliphatic heterocycles. The van der Waals surface area contributed by atoms with Crippen LogP contribution >= 0.6 is 0 Å². The maximum absolute atomic E-state index is 14.7. The molecular weight excluding hydrogens is 517 g/mol. The molecule has 5 rings (SSSR count). The summed E-state index contributed by atoms with van der Waals surface area (Å²) in [5.74, 6) is -1.40. The van der Waals surface area contributed by atoms with Crippen LogP contribution in [-0.2, 0) is 28.9 Å². The van der Waals surface area contributed by atoms with Crippen LogP contribution in [-0.4, -0.2) is 52.5 Å². The van der Waals surface area contributed by atoms with Crippen LogP contribution in [0.2, 0.25) is 0 Å². The number of amides is 2. The Bertz CT molecular complexity index is 1370. The Morgan fingerprint density at radius 1 is 0.854 bits per heavy atom. The van der Waals surface area contributed by atoms with Crippen LogP contribution in [0, 0.1) is 17.1 Å². The van der Waals surface area contributed by atoms with E-state index >= 15 is 0 Å². The summed E-state index contributed by atoms with van der Waals surface area (Å²) >= 11 is 0. The molecule has 0 bridgehead atoms. The summed E-state index contributed by atoms with van der Waals surface area (Å²) in [5, 5.41) is 9.47. The first kappa shape index (κ1) is 28.8. The number of carbonyl (C=O) groups is 1. The Morgan fingerprint density at radius 3 is 1.95 bits per heavy atom. The first-order valence-electron chi connectivity index (χ1n) is 14.5. The molecule has 41 heavy (non-hydrogen) atoms. The van der Waals surface area contributed by atoms with E-state index in [9.17, 15) is 14.4 Å². The SMILES string of the molecule is CCCCN1C(=O)N(Cc2ccc(F)c(C#N)c2)C(Cc2ccccc2)C2OC(C)(C)OC2C1Cc1ccccc1. The first-order chi connectivity index (χ1) is 19.8. The molecule has 4 atom stereocenters. The number of urea groups is 1. The number of halogens is 1. The molecule has 0 saturated carbocycles. The molecule has 0 aliphatic carbocycles. The fourth-order valence-electron chi connectivity index (χ4n) is 6.11. The van der Waals surface area contributed by atoms with E-state index in [0.29, 0.717) is 24.9 Å². The van der Waals surface area contributed by atoms with E-state index in [0.717, 1.165) is 24.0 Å². The fourth-order valence-corrected chi connectivity index (χ4v) is 6.11. The van der Waals surface area contributed by atoms with Crippen LogP contribution in [0.1, 0.15) is 55.9 Å². The Balaban J connectivity index is 1.62. The molecule has 2 saturated heterocycles. The number of hydrogen-bond donors (Lipinski definition) is 0. The summed E-state index contributed by atoms with van der Waals surface area (Å²) in [6, 6.07) is 26.0. The summed E-state index contributed by atoms with van der Waals surface area (Å²) in [6.45, 7) is 6.79. The van der Waals surface area contributed by atoms with Crippen LogP contribution in [0.4, 0.5) is 9.18 Å². The quantitative estimate of drug-likeness (QED) is 0.303. The average Bonchev–Trinajstić information content (AvgIpc) is 3.27. The second-order valence-corrected chi connectivity index (χ2v) is 11.5. The maximum Gasteiger partial charge on any atom is 0.321 e. The van der Waals surface area contributed by atoms with Gasteiger partial charge in [-0.1, -0.05) is 80.1 Å². The molecule has 2 heterocycles. The number of unbranched alkanes of at least 4 members (excludes halogenated alkanes) is 1. The van der Waals surface area contributed by atoms with Crippen molar-refractivity contribution in [3.05, 3.63) is 107 Å².